The fourth-order valence-corrected chi connectivity index (χ4v) is 3.70. The first kappa shape index (κ1) is 18.5. The Bertz CT molecular complexity index is 980. The van der Waals surface area contributed by atoms with Crippen LogP contribution in [-0.4, -0.2) is 5.84 Å². The Morgan fingerprint density at radius 2 is 1.29 bits per heavy atom. The average molecular weight is 369 g/mol. The number of hydrogen-bond acceptors (Lipinski definition) is 1. The van der Waals surface area contributed by atoms with Gasteiger partial charge in [-0.3, -0.25) is 0 Å². The van der Waals surface area contributed by atoms with Crippen LogP contribution in [0.25, 0.3) is 0 Å². The third-order valence-electron chi connectivity index (χ3n) is 5.51. The van der Waals surface area contributed by atoms with Gasteiger partial charge in [0.15, 0.2) is 0 Å². The molecule has 0 atom stereocenters. The number of anilines is 1. The Kier molecular flexibility index (Phi) is 5.04. The van der Waals surface area contributed by atoms with E-state index in [0.717, 1.165) is 18.1 Å². The zero-order chi connectivity index (χ0) is 19.7. The second kappa shape index (κ2) is 7.63. The summed E-state index contributed by atoms with van der Waals surface area (Å²) in [6.45, 7) is 9.76. The van der Waals surface area contributed by atoms with Crippen LogP contribution in [0.5, 0.6) is 0 Å². The number of rotatable bonds is 4. The fourth-order valence-electron chi connectivity index (χ4n) is 3.70. The maximum Gasteiger partial charge on any atom is 0.141 e. The van der Waals surface area contributed by atoms with Crippen molar-refractivity contribution in [2.45, 2.75) is 46.1 Å². The summed E-state index contributed by atoms with van der Waals surface area (Å²) in [6, 6.07) is 26.1. The molecule has 3 aromatic rings. The predicted molar refractivity (Wildman–Crippen MR) is 120 cm³/mol. The van der Waals surface area contributed by atoms with Gasteiger partial charge in [0.2, 0.25) is 0 Å². The topological polar surface area (TPSA) is 15.6 Å². The number of amidine groups is 1. The summed E-state index contributed by atoms with van der Waals surface area (Å²) in [5, 5.41) is 0. The van der Waals surface area contributed by atoms with Crippen LogP contribution < -0.4 is 4.90 Å². The van der Waals surface area contributed by atoms with Gasteiger partial charge in [0.1, 0.15) is 5.84 Å². The smallest absolute Gasteiger partial charge is 0.141 e. The third-order valence-corrected chi connectivity index (χ3v) is 5.51. The molecule has 4 rings (SSSR count). The maximum atomic E-state index is 5.06. The number of nitrogens with zero attached hydrogens (tertiary/aromatic N) is 2. The summed E-state index contributed by atoms with van der Waals surface area (Å²) < 4.78 is 0. The van der Waals surface area contributed by atoms with E-state index < -0.39 is 0 Å². The average Bonchev–Trinajstić information content (AvgIpc) is 3.07. The molecule has 2 heteroatoms. The van der Waals surface area contributed by atoms with Gasteiger partial charge in [0, 0.05) is 11.3 Å². The summed E-state index contributed by atoms with van der Waals surface area (Å²) in [7, 11) is 0. The van der Waals surface area contributed by atoms with Crippen molar-refractivity contribution in [3.63, 3.8) is 0 Å². The van der Waals surface area contributed by atoms with Gasteiger partial charge in [-0.05, 0) is 52.8 Å². The largest absolute Gasteiger partial charge is 0.321 e. The molecule has 1 aliphatic heterocycles. The van der Waals surface area contributed by atoms with Crippen molar-refractivity contribution in [3.8, 4) is 0 Å². The number of benzene rings is 3. The molecular weight excluding hydrogens is 340 g/mol. The molecule has 0 amide bonds. The predicted octanol–water partition coefficient (Wildman–Crippen LogP) is 7.03. The number of fused-ring (bicyclic) bond motifs is 1. The minimum absolute atomic E-state index is 0.532. The minimum atomic E-state index is 0.532. The monoisotopic (exact) mass is 368 g/mol. The molecule has 0 unspecified atom stereocenters. The summed E-state index contributed by atoms with van der Waals surface area (Å²) in [4.78, 5) is 7.38. The van der Waals surface area contributed by atoms with E-state index in [1.54, 1.807) is 0 Å². The molecule has 142 valence electrons. The zero-order valence-electron chi connectivity index (χ0n) is 17.2. The second-order valence-corrected chi connectivity index (χ2v) is 8.17. The second-order valence-electron chi connectivity index (χ2n) is 8.17. The van der Waals surface area contributed by atoms with E-state index >= 15 is 0 Å². The lowest BCUT2D eigenvalue weighted by atomic mass is 10.0. The molecule has 1 heterocycles. The van der Waals surface area contributed by atoms with E-state index in [9.17, 15) is 0 Å². The molecule has 0 radical (unpaired) electrons. The van der Waals surface area contributed by atoms with Crippen molar-refractivity contribution in [2.75, 3.05) is 4.90 Å². The van der Waals surface area contributed by atoms with Crippen LogP contribution in [0.15, 0.2) is 77.8 Å². The van der Waals surface area contributed by atoms with Gasteiger partial charge >= 0.3 is 0 Å². The highest BCUT2D eigenvalue weighted by atomic mass is 15.2. The zero-order valence-corrected chi connectivity index (χ0v) is 17.2. The van der Waals surface area contributed by atoms with Crippen molar-refractivity contribution < 1.29 is 0 Å². The molecule has 0 N–H and O–H groups in total. The van der Waals surface area contributed by atoms with Crippen LogP contribution >= 0.6 is 0 Å². The first-order valence-electron chi connectivity index (χ1n) is 10.2. The van der Waals surface area contributed by atoms with Crippen LogP contribution in [-0.2, 0) is 6.54 Å². The summed E-state index contributed by atoms with van der Waals surface area (Å²) in [6.07, 6.45) is 0. The van der Waals surface area contributed by atoms with Gasteiger partial charge in [-0.2, -0.15) is 0 Å². The van der Waals surface area contributed by atoms with Crippen molar-refractivity contribution in [3.05, 3.63) is 95.1 Å². The molecule has 0 aliphatic carbocycles. The molecule has 0 saturated carbocycles. The Hall–Kier alpha value is -2.87. The molecule has 1 aliphatic rings. The number of hydrogen-bond donors (Lipinski definition) is 0. The van der Waals surface area contributed by atoms with Crippen molar-refractivity contribution >= 4 is 17.2 Å². The first-order chi connectivity index (χ1) is 13.5. The molecule has 3 aromatic carbocycles. The quantitative estimate of drug-likeness (QED) is 0.482. The fraction of sp³-hybridized carbons (Fsp3) is 0.269. The molecule has 0 saturated heterocycles. The van der Waals surface area contributed by atoms with Gasteiger partial charge in [0.25, 0.3) is 0 Å². The molecule has 0 fully saturated rings. The SMILES string of the molecule is CC(C)c1ccc(N=C2c3ccccc3CN2c2ccc(C(C)C)cc2)cc1. The molecule has 0 aromatic heterocycles. The Balaban J connectivity index is 1.74. The Morgan fingerprint density at radius 3 is 1.89 bits per heavy atom. The van der Waals surface area contributed by atoms with Gasteiger partial charge in [-0.1, -0.05) is 76.2 Å². The van der Waals surface area contributed by atoms with E-state index in [1.165, 1.54) is 27.9 Å². The van der Waals surface area contributed by atoms with Crippen molar-refractivity contribution in [1.29, 1.82) is 0 Å². The highest BCUT2D eigenvalue weighted by molar-refractivity contribution is 6.14. The van der Waals surface area contributed by atoms with Crippen LogP contribution in [0.4, 0.5) is 11.4 Å². The van der Waals surface area contributed by atoms with Gasteiger partial charge in [-0.25, -0.2) is 4.99 Å². The highest BCUT2D eigenvalue weighted by Crippen LogP contribution is 2.31. The molecule has 28 heavy (non-hydrogen) atoms. The first-order valence-corrected chi connectivity index (χ1v) is 10.2. The van der Waals surface area contributed by atoms with Crippen molar-refractivity contribution in [2.24, 2.45) is 4.99 Å². The molecule has 0 bridgehead atoms. The van der Waals surface area contributed by atoms with Crippen LogP contribution in [0.1, 0.15) is 61.8 Å². The van der Waals surface area contributed by atoms with Gasteiger partial charge in [0.05, 0.1) is 12.2 Å². The minimum Gasteiger partial charge on any atom is -0.321 e. The van der Waals surface area contributed by atoms with E-state index in [1.807, 2.05) is 0 Å². The van der Waals surface area contributed by atoms with E-state index in [2.05, 4.69) is 105 Å². The summed E-state index contributed by atoms with van der Waals surface area (Å²) in [5.41, 5.74) is 7.45. The Labute approximate surface area is 168 Å². The van der Waals surface area contributed by atoms with Crippen LogP contribution in [0.3, 0.4) is 0 Å². The number of aliphatic imine (C=N–C) groups is 1. The van der Waals surface area contributed by atoms with E-state index in [0.29, 0.717) is 11.8 Å². The van der Waals surface area contributed by atoms with Gasteiger partial charge in [-0.15, -0.1) is 0 Å². The molecular formula is C26H28N2. The summed E-state index contributed by atoms with van der Waals surface area (Å²) in [5.74, 6) is 2.10. The van der Waals surface area contributed by atoms with Crippen LogP contribution in [0.2, 0.25) is 0 Å². The lowest BCUT2D eigenvalue weighted by Gasteiger charge is -2.20. The Morgan fingerprint density at radius 1 is 0.714 bits per heavy atom. The van der Waals surface area contributed by atoms with Gasteiger partial charge < -0.3 is 4.90 Å². The lowest BCUT2D eigenvalue weighted by Crippen LogP contribution is -2.24. The van der Waals surface area contributed by atoms with Crippen molar-refractivity contribution in [1.82, 2.24) is 0 Å². The lowest BCUT2D eigenvalue weighted by molar-refractivity contribution is 0.866. The van der Waals surface area contributed by atoms with Crippen LogP contribution in [0, 0.1) is 0 Å². The normalized spacial score (nSPS) is 14.9. The summed E-state index contributed by atoms with van der Waals surface area (Å²) >= 11 is 0. The third kappa shape index (κ3) is 3.60. The van der Waals surface area contributed by atoms with E-state index in [4.69, 9.17) is 4.99 Å². The molecule has 2 nitrogen and oxygen atoms in total. The standard InChI is InChI=1S/C26H28N2/c1-18(2)20-9-13-23(14-10-20)27-26-25-8-6-5-7-22(25)17-28(26)24-15-11-21(12-16-24)19(3)4/h5-16,18-19H,17H2,1-4H3. The maximum absolute atomic E-state index is 5.06. The highest BCUT2D eigenvalue weighted by Gasteiger charge is 2.26. The molecule has 0 spiro atoms. The van der Waals surface area contributed by atoms with E-state index in [-0.39, 0.29) is 0 Å².